The smallest absolute Gasteiger partial charge is 0.394 e. The first-order valence-electron chi connectivity index (χ1n) is 6.37. The van der Waals surface area contributed by atoms with E-state index in [-0.39, 0.29) is 25.5 Å². The first kappa shape index (κ1) is 16.0. The number of anilines is 1. The maximum Gasteiger partial charge on any atom is 0.419 e. The van der Waals surface area contributed by atoms with Crippen molar-refractivity contribution in [3.05, 3.63) is 29.6 Å². The monoisotopic (exact) mass is 309 g/mol. The van der Waals surface area contributed by atoms with Crippen LogP contribution in [0.5, 0.6) is 0 Å². The summed E-state index contributed by atoms with van der Waals surface area (Å²) < 4.78 is 62.1. The molecular weight excluding hydrogens is 294 g/mol. The molecule has 1 aromatic carbocycles. The molecule has 8 heteroatoms. The summed E-state index contributed by atoms with van der Waals surface area (Å²) in [5.41, 5.74) is -1.11. The fourth-order valence-electron chi connectivity index (χ4n) is 2.11. The Labute approximate surface area is 118 Å². The lowest BCUT2D eigenvalue weighted by Crippen LogP contribution is -2.47. The molecule has 1 saturated heterocycles. The standard InChI is InChI=1S/C13H15F4NO3/c14-11-2-1-9(7-10(11)13(15,16)17)18-3-5-20-8-12(18)21-6-4-19/h1-2,7,12,19H,3-6,8H2. The van der Waals surface area contributed by atoms with Gasteiger partial charge in [-0.3, -0.25) is 0 Å². The number of rotatable bonds is 4. The maximum absolute atomic E-state index is 13.3. The Bertz CT molecular complexity index is 481. The summed E-state index contributed by atoms with van der Waals surface area (Å²) in [6.45, 7) is 0.648. The molecule has 0 aromatic heterocycles. The van der Waals surface area contributed by atoms with Crippen molar-refractivity contribution in [2.24, 2.45) is 0 Å². The number of ether oxygens (including phenoxy) is 2. The lowest BCUT2D eigenvalue weighted by Gasteiger charge is -2.37. The van der Waals surface area contributed by atoms with E-state index in [2.05, 4.69) is 0 Å². The second kappa shape index (κ2) is 6.59. The van der Waals surface area contributed by atoms with Crippen molar-refractivity contribution in [1.82, 2.24) is 0 Å². The van der Waals surface area contributed by atoms with E-state index in [1.165, 1.54) is 6.07 Å². The lowest BCUT2D eigenvalue weighted by atomic mass is 10.1. The predicted molar refractivity (Wildman–Crippen MR) is 66.4 cm³/mol. The zero-order chi connectivity index (χ0) is 15.5. The van der Waals surface area contributed by atoms with E-state index in [4.69, 9.17) is 14.6 Å². The highest BCUT2D eigenvalue weighted by atomic mass is 19.4. The Morgan fingerprint density at radius 1 is 1.38 bits per heavy atom. The van der Waals surface area contributed by atoms with E-state index in [0.717, 1.165) is 12.1 Å². The minimum Gasteiger partial charge on any atom is -0.394 e. The van der Waals surface area contributed by atoms with Crippen LogP contribution in [0.4, 0.5) is 23.2 Å². The summed E-state index contributed by atoms with van der Waals surface area (Å²) >= 11 is 0. The molecule has 1 aliphatic heterocycles. The summed E-state index contributed by atoms with van der Waals surface area (Å²) in [6.07, 6.45) is -5.37. The van der Waals surface area contributed by atoms with E-state index in [0.29, 0.717) is 13.2 Å². The Kier molecular flexibility index (Phi) is 5.02. The molecule has 1 fully saturated rings. The first-order chi connectivity index (χ1) is 9.93. The number of hydrogen-bond donors (Lipinski definition) is 1. The molecule has 1 atom stereocenters. The van der Waals surface area contributed by atoms with Gasteiger partial charge in [-0.1, -0.05) is 0 Å². The maximum atomic E-state index is 13.3. The number of nitrogens with zero attached hydrogens (tertiary/aromatic N) is 1. The van der Waals surface area contributed by atoms with Crippen LogP contribution in [0, 0.1) is 5.82 Å². The van der Waals surface area contributed by atoms with Gasteiger partial charge in [0.15, 0.2) is 6.23 Å². The number of benzene rings is 1. The Hall–Kier alpha value is -1.38. The van der Waals surface area contributed by atoms with Gasteiger partial charge in [-0.25, -0.2) is 4.39 Å². The average Bonchev–Trinajstić information content (AvgIpc) is 2.45. The molecule has 1 unspecified atom stereocenters. The molecule has 0 saturated carbocycles. The lowest BCUT2D eigenvalue weighted by molar-refractivity contribution is -0.140. The zero-order valence-electron chi connectivity index (χ0n) is 11.1. The van der Waals surface area contributed by atoms with Crippen LogP contribution < -0.4 is 4.90 Å². The van der Waals surface area contributed by atoms with Crippen LogP contribution in [-0.4, -0.2) is 44.3 Å². The van der Waals surface area contributed by atoms with Gasteiger partial charge in [-0.15, -0.1) is 0 Å². The van der Waals surface area contributed by atoms with Crippen LogP contribution in [0.2, 0.25) is 0 Å². The van der Waals surface area contributed by atoms with Crippen LogP contribution in [0.3, 0.4) is 0 Å². The summed E-state index contributed by atoms with van der Waals surface area (Å²) in [5.74, 6) is -1.31. The van der Waals surface area contributed by atoms with Crippen LogP contribution in [-0.2, 0) is 15.7 Å². The van der Waals surface area contributed by atoms with Crippen molar-refractivity contribution in [3.8, 4) is 0 Å². The summed E-state index contributed by atoms with van der Waals surface area (Å²) in [4.78, 5) is 1.56. The van der Waals surface area contributed by atoms with E-state index < -0.39 is 23.8 Å². The topological polar surface area (TPSA) is 41.9 Å². The van der Waals surface area contributed by atoms with Gasteiger partial charge >= 0.3 is 6.18 Å². The summed E-state index contributed by atoms with van der Waals surface area (Å²) in [5, 5.41) is 8.76. The minimum absolute atomic E-state index is 0.0395. The van der Waals surface area contributed by atoms with Gasteiger partial charge in [-0.05, 0) is 18.2 Å². The van der Waals surface area contributed by atoms with Crippen molar-refractivity contribution in [2.45, 2.75) is 12.4 Å². The molecule has 0 bridgehead atoms. The average molecular weight is 309 g/mol. The molecule has 0 aliphatic carbocycles. The van der Waals surface area contributed by atoms with Crippen molar-refractivity contribution in [1.29, 1.82) is 0 Å². The second-order valence-corrected chi connectivity index (χ2v) is 4.48. The van der Waals surface area contributed by atoms with Gasteiger partial charge in [0.25, 0.3) is 0 Å². The molecule has 2 rings (SSSR count). The van der Waals surface area contributed by atoms with Gasteiger partial charge in [0.1, 0.15) is 5.82 Å². The molecule has 0 spiro atoms. The molecule has 118 valence electrons. The molecule has 4 nitrogen and oxygen atoms in total. The molecule has 1 N–H and O–H groups in total. The second-order valence-electron chi connectivity index (χ2n) is 4.48. The fraction of sp³-hybridized carbons (Fsp3) is 0.538. The van der Waals surface area contributed by atoms with Gasteiger partial charge in [0.05, 0.1) is 32.0 Å². The van der Waals surface area contributed by atoms with Gasteiger partial charge in [0, 0.05) is 12.2 Å². The molecule has 0 amide bonds. The van der Waals surface area contributed by atoms with Crippen LogP contribution >= 0.6 is 0 Å². The van der Waals surface area contributed by atoms with Crippen LogP contribution in [0.1, 0.15) is 5.56 Å². The third kappa shape index (κ3) is 3.84. The zero-order valence-corrected chi connectivity index (χ0v) is 11.1. The number of morpholine rings is 1. The van der Waals surface area contributed by atoms with E-state index in [1.807, 2.05) is 0 Å². The SMILES string of the molecule is OCCOC1COCCN1c1ccc(F)c(C(F)(F)F)c1. The number of hydrogen-bond acceptors (Lipinski definition) is 4. The highest BCUT2D eigenvalue weighted by Gasteiger charge is 2.35. The predicted octanol–water partition coefficient (Wildman–Crippen LogP) is 2.02. The molecule has 21 heavy (non-hydrogen) atoms. The first-order valence-corrected chi connectivity index (χ1v) is 6.37. The number of alkyl halides is 3. The molecule has 0 radical (unpaired) electrons. The fourth-order valence-corrected chi connectivity index (χ4v) is 2.11. The minimum atomic E-state index is -4.76. The normalized spacial score (nSPS) is 19.9. The van der Waals surface area contributed by atoms with Gasteiger partial charge in [-0.2, -0.15) is 13.2 Å². The Morgan fingerprint density at radius 3 is 2.81 bits per heavy atom. The third-order valence-corrected chi connectivity index (χ3v) is 3.07. The molecule has 1 aliphatic rings. The quantitative estimate of drug-likeness (QED) is 0.864. The number of aliphatic hydroxyl groups excluding tert-OH is 1. The number of aliphatic hydroxyl groups is 1. The van der Waals surface area contributed by atoms with Gasteiger partial charge < -0.3 is 19.5 Å². The van der Waals surface area contributed by atoms with E-state index in [1.54, 1.807) is 4.90 Å². The summed E-state index contributed by atoms with van der Waals surface area (Å²) in [6, 6.07) is 2.82. The Balaban J connectivity index is 2.26. The van der Waals surface area contributed by atoms with Crippen molar-refractivity contribution in [2.75, 3.05) is 37.9 Å². The molecule has 1 heterocycles. The highest BCUT2D eigenvalue weighted by Crippen LogP contribution is 2.34. The van der Waals surface area contributed by atoms with Crippen LogP contribution in [0.25, 0.3) is 0 Å². The van der Waals surface area contributed by atoms with Crippen LogP contribution in [0.15, 0.2) is 18.2 Å². The van der Waals surface area contributed by atoms with Crippen molar-refractivity contribution >= 4 is 5.69 Å². The van der Waals surface area contributed by atoms with Crippen molar-refractivity contribution < 1.29 is 32.1 Å². The third-order valence-electron chi connectivity index (χ3n) is 3.07. The van der Waals surface area contributed by atoms with E-state index >= 15 is 0 Å². The van der Waals surface area contributed by atoms with E-state index in [9.17, 15) is 17.6 Å². The summed E-state index contributed by atoms with van der Waals surface area (Å²) in [7, 11) is 0. The largest absolute Gasteiger partial charge is 0.419 e. The van der Waals surface area contributed by atoms with Gasteiger partial charge in [0.2, 0.25) is 0 Å². The molecular formula is C13H15F4NO3. The Morgan fingerprint density at radius 2 is 2.14 bits per heavy atom. The highest BCUT2D eigenvalue weighted by molar-refractivity contribution is 5.50. The number of halogens is 4. The molecule has 1 aromatic rings. The van der Waals surface area contributed by atoms with Crippen molar-refractivity contribution in [3.63, 3.8) is 0 Å².